The van der Waals surface area contributed by atoms with E-state index in [1.807, 2.05) is 17.9 Å². The Morgan fingerprint density at radius 1 is 1.50 bits per heavy atom. The minimum absolute atomic E-state index is 0.417. The molecular weight excluding hydrogens is 328 g/mol. The summed E-state index contributed by atoms with van der Waals surface area (Å²) in [5.41, 5.74) is 1.27. The summed E-state index contributed by atoms with van der Waals surface area (Å²) in [6.07, 6.45) is 6.96. The molecule has 1 fully saturated rings. The van der Waals surface area contributed by atoms with Gasteiger partial charge < -0.3 is 10.2 Å². The summed E-state index contributed by atoms with van der Waals surface area (Å²) in [6, 6.07) is 0. The van der Waals surface area contributed by atoms with E-state index in [0.29, 0.717) is 25.4 Å². The molecule has 1 saturated heterocycles. The average Bonchev–Trinajstić information content (AvgIpc) is 3.13. The number of aromatic nitrogens is 2. The second-order valence-electron chi connectivity index (χ2n) is 6.13. The van der Waals surface area contributed by atoms with E-state index in [0.717, 1.165) is 32.0 Å². The van der Waals surface area contributed by atoms with Crippen LogP contribution in [0.1, 0.15) is 31.2 Å². The fourth-order valence-electron chi connectivity index (χ4n) is 2.82. The highest BCUT2D eigenvalue weighted by molar-refractivity contribution is 7.88. The molecule has 0 bridgehead atoms. The van der Waals surface area contributed by atoms with E-state index in [1.54, 1.807) is 0 Å². The van der Waals surface area contributed by atoms with E-state index in [4.69, 9.17) is 0 Å². The molecular formula is C15H28N6O2S. The van der Waals surface area contributed by atoms with Crippen LogP contribution < -0.4 is 10.0 Å². The first-order chi connectivity index (χ1) is 11.4. The number of rotatable bonds is 7. The first kappa shape index (κ1) is 18.7. The second kappa shape index (κ2) is 8.48. The molecule has 0 spiro atoms. The molecule has 1 aliphatic rings. The highest BCUT2D eigenvalue weighted by Crippen LogP contribution is 2.26. The Bertz CT molecular complexity index is 655. The van der Waals surface area contributed by atoms with Gasteiger partial charge in [0, 0.05) is 51.9 Å². The van der Waals surface area contributed by atoms with Crippen molar-refractivity contribution in [3.05, 3.63) is 18.0 Å². The molecule has 1 unspecified atom stereocenters. The summed E-state index contributed by atoms with van der Waals surface area (Å²) in [5.74, 6) is 1.39. The van der Waals surface area contributed by atoms with Gasteiger partial charge in [-0.05, 0) is 25.3 Å². The van der Waals surface area contributed by atoms with Crippen LogP contribution in [0.2, 0.25) is 0 Å². The van der Waals surface area contributed by atoms with E-state index >= 15 is 0 Å². The third kappa shape index (κ3) is 5.79. The lowest BCUT2D eigenvalue weighted by molar-refractivity contribution is 0.485. The molecule has 1 atom stereocenters. The van der Waals surface area contributed by atoms with E-state index in [-0.39, 0.29) is 0 Å². The van der Waals surface area contributed by atoms with Gasteiger partial charge in [-0.15, -0.1) is 0 Å². The average molecular weight is 356 g/mol. The van der Waals surface area contributed by atoms with Crippen molar-refractivity contribution in [3.8, 4) is 0 Å². The standard InChI is InChI=1S/C15H28N6O2S/c1-4-16-15(17-7-5-8-19-24(3,22)23)21-9-6-13(12-21)14-10-18-20(2)11-14/h10-11,13,19H,4-9,12H2,1-3H3,(H,16,17). The molecule has 9 heteroatoms. The van der Waals surface area contributed by atoms with Crippen LogP contribution in [0.15, 0.2) is 17.4 Å². The molecule has 1 aliphatic heterocycles. The maximum Gasteiger partial charge on any atom is 0.208 e. The van der Waals surface area contributed by atoms with Crippen molar-refractivity contribution >= 4 is 16.0 Å². The van der Waals surface area contributed by atoms with Gasteiger partial charge in [-0.3, -0.25) is 9.67 Å². The molecule has 0 aliphatic carbocycles. The minimum Gasteiger partial charge on any atom is -0.357 e. The Morgan fingerprint density at radius 3 is 2.92 bits per heavy atom. The molecule has 0 saturated carbocycles. The molecule has 8 nitrogen and oxygen atoms in total. The zero-order valence-corrected chi connectivity index (χ0v) is 15.5. The first-order valence-corrected chi connectivity index (χ1v) is 10.2. The topological polar surface area (TPSA) is 91.6 Å². The minimum atomic E-state index is -3.12. The van der Waals surface area contributed by atoms with Crippen LogP contribution in [0, 0.1) is 0 Å². The number of aliphatic imine (C=N–C) groups is 1. The zero-order chi connectivity index (χ0) is 17.6. The summed E-state index contributed by atoms with van der Waals surface area (Å²) >= 11 is 0. The predicted octanol–water partition coefficient (Wildman–Crippen LogP) is 0.114. The quantitative estimate of drug-likeness (QED) is 0.411. The SMILES string of the molecule is CCNC(=NCCCNS(C)(=O)=O)N1CCC(c2cnn(C)c2)C1. The molecule has 1 aromatic rings. The van der Waals surface area contributed by atoms with Crippen LogP contribution in [0.5, 0.6) is 0 Å². The van der Waals surface area contributed by atoms with Crippen LogP contribution in [-0.4, -0.2) is 68.0 Å². The van der Waals surface area contributed by atoms with Gasteiger partial charge in [0.25, 0.3) is 0 Å². The van der Waals surface area contributed by atoms with Gasteiger partial charge in [-0.2, -0.15) is 5.10 Å². The van der Waals surface area contributed by atoms with Crippen LogP contribution in [-0.2, 0) is 17.1 Å². The van der Waals surface area contributed by atoms with E-state index in [9.17, 15) is 8.42 Å². The number of sulfonamides is 1. The molecule has 24 heavy (non-hydrogen) atoms. The van der Waals surface area contributed by atoms with Gasteiger partial charge in [0.15, 0.2) is 5.96 Å². The Labute approximate surface area is 144 Å². The van der Waals surface area contributed by atoms with Gasteiger partial charge in [-0.1, -0.05) is 0 Å². The van der Waals surface area contributed by atoms with Crippen molar-refractivity contribution in [1.29, 1.82) is 0 Å². The molecule has 0 radical (unpaired) electrons. The van der Waals surface area contributed by atoms with Gasteiger partial charge in [0.2, 0.25) is 10.0 Å². The van der Waals surface area contributed by atoms with Crippen LogP contribution >= 0.6 is 0 Å². The Kier molecular flexibility index (Phi) is 6.61. The fourth-order valence-corrected chi connectivity index (χ4v) is 3.34. The Hall–Kier alpha value is -1.61. The number of nitrogens with zero attached hydrogens (tertiary/aromatic N) is 4. The molecule has 2 rings (SSSR count). The smallest absolute Gasteiger partial charge is 0.208 e. The van der Waals surface area contributed by atoms with Gasteiger partial charge in [0.05, 0.1) is 12.5 Å². The van der Waals surface area contributed by atoms with E-state index in [2.05, 4.69) is 38.2 Å². The lowest BCUT2D eigenvalue weighted by atomic mass is 10.0. The van der Waals surface area contributed by atoms with Crippen LogP contribution in [0.25, 0.3) is 0 Å². The summed E-state index contributed by atoms with van der Waals surface area (Å²) < 4.78 is 26.4. The molecule has 2 N–H and O–H groups in total. The summed E-state index contributed by atoms with van der Waals surface area (Å²) in [6.45, 7) is 5.77. The van der Waals surface area contributed by atoms with Crippen molar-refractivity contribution < 1.29 is 8.42 Å². The maximum absolute atomic E-state index is 11.0. The van der Waals surface area contributed by atoms with Crippen LogP contribution in [0.3, 0.4) is 0 Å². The van der Waals surface area contributed by atoms with E-state index in [1.165, 1.54) is 11.8 Å². The third-order valence-electron chi connectivity index (χ3n) is 3.98. The lowest BCUT2D eigenvalue weighted by Crippen LogP contribution is -2.40. The first-order valence-electron chi connectivity index (χ1n) is 8.35. The van der Waals surface area contributed by atoms with Crippen LogP contribution in [0.4, 0.5) is 0 Å². The molecule has 0 aromatic carbocycles. The Balaban J connectivity index is 1.87. The fraction of sp³-hybridized carbons (Fsp3) is 0.733. The molecule has 136 valence electrons. The number of nitrogens with one attached hydrogen (secondary N) is 2. The third-order valence-corrected chi connectivity index (χ3v) is 4.71. The normalized spacial score (nSPS) is 19.0. The van der Waals surface area contributed by atoms with Crippen molar-refractivity contribution in [2.45, 2.75) is 25.7 Å². The van der Waals surface area contributed by atoms with Crippen molar-refractivity contribution in [3.63, 3.8) is 0 Å². The largest absolute Gasteiger partial charge is 0.357 e. The van der Waals surface area contributed by atoms with Crippen molar-refractivity contribution in [1.82, 2.24) is 24.7 Å². The predicted molar refractivity (Wildman–Crippen MR) is 95.6 cm³/mol. The van der Waals surface area contributed by atoms with Gasteiger partial charge in [0.1, 0.15) is 0 Å². The van der Waals surface area contributed by atoms with Crippen molar-refractivity contribution in [2.75, 3.05) is 39.0 Å². The molecule has 0 amide bonds. The summed E-state index contributed by atoms with van der Waals surface area (Å²) in [7, 11) is -1.18. The number of guanidine groups is 1. The number of hydrogen-bond acceptors (Lipinski definition) is 4. The Morgan fingerprint density at radius 2 is 2.29 bits per heavy atom. The number of likely N-dealkylation sites (tertiary alicyclic amines) is 1. The highest BCUT2D eigenvalue weighted by atomic mass is 32.2. The number of aryl methyl sites for hydroxylation is 1. The monoisotopic (exact) mass is 356 g/mol. The number of hydrogen-bond donors (Lipinski definition) is 2. The zero-order valence-electron chi connectivity index (χ0n) is 14.7. The van der Waals surface area contributed by atoms with Crippen molar-refractivity contribution in [2.24, 2.45) is 12.0 Å². The van der Waals surface area contributed by atoms with E-state index < -0.39 is 10.0 Å². The second-order valence-corrected chi connectivity index (χ2v) is 7.97. The summed E-state index contributed by atoms with van der Waals surface area (Å²) in [4.78, 5) is 6.89. The molecule has 2 heterocycles. The molecule has 1 aromatic heterocycles. The van der Waals surface area contributed by atoms with Gasteiger partial charge in [-0.25, -0.2) is 13.1 Å². The van der Waals surface area contributed by atoms with Gasteiger partial charge >= 0.3 is 0 Å². The maximum atomic E-state index is 11.0. The highest BCUT2D eigenvalue weighted by Gasteiger charge is 2.26. The summed E-state index contributed by atoms with van der Waals surface area (Å²) in [5, 5.41) is 7.58. The lowest BCUT2D eigenvalue weighted by Gasteiger charge is -2.21.